The third-order valence-corrected chi connectivity index (χ3v) is 7.11. The molecule has 3 N–H and O–H groups in total. The molecule has 0 amide bonds. The average Bonchev–Trinajstić information content (AvgIpc) is 3.30. The minimum absolute atomic E-state index is 0.0340. The second-order valence-corrected chi connectivity index (χ2v) is 10.0. The molecule has 12 nitrogen and oxygen atoms in total. The zero-order valence-corrected chi connectivity index (χ0v) is 23.9. The van der Waals surface area contributed by atoms with Crippen LogP contribution in [0.15, 0.2) is 58.8 Å². The van der Waals surface area contributed by atoms with E-state index in [2.05, 4.69) is 25.5 Å². The molecule has 0 atom stereocenters. The zero-order chi connectivity index (χ0) is 30.7. The van der Waals surface area contributed by atoms with Gasteiger partial charge in [-0.25, -0.2) is 4.98 Å². The monoisotopic (exact) mass is 620 g/mol. The number of rotatable bonds is 9. The minimum Gasteiger partial charge on any atom is -0.491 e. The number of imidazole rings is 1. The van der Waals surface area contributed by atoms with Gasteiger partial charge in [0.15, 0.2) is 17.2 Å². The lowest BCUT2D eigenvalue weighted by Crippen LogP contribution is -2.38. The van der Waals surface area contributed by atoms with Crippen LogP contribution in [0, 0.1) is 5.41 Å². The van der Waals surface area contributed by atoms with Crippen LogP contribution in [-0.2, 0) is 29.7 Å². The summed E-state index contributed by atoms with van der Waals surface area (Å²) in [6.45, 7) is 4.48. The maximum Gasteiger partial charge on any atom is 0.417 e. The van der Waals surface area contributed by atoms with Gasteiger partial charge in [-0.1, -0.05) is 11.6 Å². The highest BCUT2D eigenvalue weighted by Gasteiger charge is 2.32. The Morgan fingerprint density at radius 1 is 1.28 bits per heavy atom. The molecular formula is C27H28ClF3N8O4. The fraction of sp³-hybridized carbons (Fsp3) is 0.333. The van der Waals surface area contributed by atoms with Crippen LogP contribution in [0.25, 0.3) is 11.2 Å². The van der Waals surface area contributed by atoms with Gasteiger partial charge in [0.05, 0.1) is 36.9 Å². The van der Waals surface area contributed by atoms with Crippen molar-refractivity contribution in [3.63, 3.8) is 0 Å². The Morgan fingerprint density at radius 2 is 2.05 bits per heavy atom. The van der Waals surface area contributed by atoms with Crippen LogP contribution >= 0.6 is 11.6 Å². The molecule has 0 bridgehead atoms. The number of hydrogen-bond donors (Lipinski definition) is 3. The number of hydrogen-bond acceptors (Lipinski definition) is 10. The average molecular weight is 621 g/mol. The fourth-order valence-electron chi connectivity index (χ4n) is 4.42. The van der Waals surface area contributed by atoms with Gasteiger partial charge in [0.1, 0.15) is 28.6 Å². The number of dihydropyridines is 1. The largest absolute Gasteiger partial charge is 0.491 e. The lowest BCUT2D eigenvalue weighted by molar-refractivity contribution is -0.138. The van der Waals surface area contributed by atoms with Crippen LogP contribution in [0.3, 0.4) is 0 Å². The molecule has 3 aromatic rings. The minimum atomic E-state index is -4.65. The number of pyridine rings is 2. The van der Waals surface area contributed by atoms with Crippen molar-refractivity contribution < 1.29 is 27.4 Å². The van der Waals surface area contributed by atoms with E-state index in [1.807, 2.05) is 0 Å². The number of ether oxygens (including phenoxy) is 3. The van der Waals surface area contributed by atoms with E-state index in [-0.39, 0.29) is 33.8 Å². The molecule has 1 fully saturated rings. The van der Waals surface area contributed by atoms with Crippen molar-refractivity contribution >= 4 is 40.6 Å². The van der Waals surface area contributed by atoms with E-state index in [4.69, 9.17) is 31.2 Å². The second kappa shape index (κ2) is 12.5. The first-order chi connectivity index (χ1) is 20.5. The van der Waals surface area contributed by atoms with E-state index in [0.717, 1.165) is 43.6 Å². The first-order valence-electron chi connectivity index (χ1n) is 13.1. The number of morpholine rings is 1. The molecule has 0 unspecified atom stereocenters. The van der Waals surface area contributed by atoms with Crippen LogP contribution in [0.1, 0.15) is 5.56 Å². The number of nitrogens with one attached hydrogen (secondary N) is 3. The van der Waals surface area contributed by atoms with Gasteiger partial charge >= 0.3 is 6.18 Å². The molecule has 2 aliphatic heterocycles. The highest BCUT2D eigenvalue weighted by atomic mass is 35.5. The van der Waals surface area contributed by atoms with Crippen LogP contribution in [0.2, 0.25) is 5.02 Å². The van der Waals surface area contributed by atoms with E-state index < -0.39 is 17.3 Å². The van der Waals surface area contributed by atoms with Gasteiger partial charge in [0, 0.05) is 46.1 Å². The maximum absolute atomic E-state index is 13.3. The molecule has 0 spiro atoms. The number of aromatic nitrogens is 4. The maximum atomic E-state index is 13.3. The van der Waals surface area contributed by atoms with Crippen molar-refractivity contribution in [2.45, 2.75) is 6.18 Å². The molecule has 0 aromatic carbocycles. The molecule has 5 heterocycles. The quantitative estimate of drug-likeness (QED) is 0.242. The summed E-state index contributed by atoms with van der Waals surface area (Å²) in [6.07, 6.45) is 3.49. The summed E-state index contributed by atoms with van der Waals surface area (Å²) in [5.74, 6) is 0.895. The molecule has 0 radical (unpaired) electrons. The Bertz CT molecular complexity index is 1690. The Morgan fingerprint density at radius 3 is 2.72 bits per heavy atom. The normalized spacial score (nSPS) is 16.9. The lowest BCUT2D eigenvalue weighted by atomic mass is 10.2. The van der Waals surface area contributed by atoms with Crippen molar-refractivity contribution in [3.05, 3.63) is 75.0 Å². The fourth-order valence-corrected chi connectivity index (χ4v) is 4.72. The highest BCUT2D eigenvalue weighted by Crippen LogP contribution is 2.35. The predicted molar refractivity (Wildman–Crippen MR) is 153 cm³/mol. The number of alkyl halides is 3. The van der Waals surface area contributed by atoms with Crippen LogP contribution < -0.4 is 20.9 Å². The van der Waals surface area contributed by atoms with Crippen molar-refractivity contribution in [1.82, 2.24) is 29.3 Å². The SMILES string of the molecule is Cn1cc(C(F)(F)F)cc(Nc2nc3ncc(O/C(C=N)=C4\C=CC(OCCN5CCOCC5)=CN4)c(Cl)c3n2C)c1=O. The van der Waals surface area contributed by atoms with E-state index in [9.17, 15) is 18.0 Å². The first-order valence-corrected chi connectivity index (χ1v) is 13.5. The van der Waals surface area contributed by atoms with E-state index in [1.54, 1.807) is 25.4 Å². The molecule has 3 aromatic heterocycles. The summed E-state index contributed by atoms with van der Waals surface area (Å²) < 4.78 is 59.3. The number of halogens is 4. The number of allylic oxidation sites excluding steroid dienone is 3. The van der Waals surface area contributed by atoms with Gasteiger partial charge in [-0.3, -0.25) is 9.69 Å². The Kier molecular flexibility index (Phi) is 8.75. The van der Waals surface area contributed by atoms with Gasteiger partial charge < -0.3 is 39.4 Å². The standard InChI is InChI=1S/C27H28ClF3N8O4/c1-37-15-16(27(29,30)31)11-19(25(37)40)35-26-36-24-23(38(26)2)22(28)21(14-34-24)43-20(12-32)18-4-3-17(13-33-18)42-10-7-39-5-8-41-9-6-39/h3-4,11-15,32-33H,5-10H2,1-2H3,(H,34,35,36)/b20-18+,32-12?. The Labute approximate surface area is 248 Å². The molecule has 0 aliphatic carbocycles. The highest BCUT2D eigenvalue weighted by molar-refractivity contribution is 6.36. The lowest BCUT2D eigenvalue weighted by Gasteiger charge is -2.26. The third kappa shape index (κ3) is 6.68. The summed E-state index contributed by atoms with van der Waals surface area (Å²) in [5.41, 5.74) is -1.08. The van der Waals surface area contributed by atoms with Crippen molar-refractivity contribution in [2.24, 2.45) is 14.1 Å². The Hall–Kier alpha value is -4.34. The predicted octanol–water partition coefficient (Wildman–Crippen LogP) is 3.67. The van der Waals surface area contributed by atoms with Gasteiger partial charge in [0.25, 0.3) is 5.56 Å². The first kappa shape index (κ1) is 30.1. The third-order valence-electron chi connectivity index (χ3n) is 6.74. The van der Waals surface area contributed by atoms with Crippen LogP contribution in [0.4, 0.5) is 24.8 Å². The number of aryl methyl sites for hydroxylation is 2. The second-order valence-electron chi connectivity index (χ2n) is 9.64. The number of fused-ring (bicyclic) bond motifs is 1. The van der Waals surface area contributed by atoms with Crippen LogP contribution in [0.5, 0.6) is 5.75 Å². The van der Waals surface area contributed by atoms with Crippen molar-refractivity contribution in [2.75, 3.05) is 44.8 Å². The number of anilines is 2. The number of nitrogens with zero attached hydrogens (tertiary/aromatic N) is 5. The Balaban J connectivity index is 1.32. The topological polar surface area (TPSA) is 132 Å². The molecule has 2 aliphatic rings. The molecule has 5 rings (SSSR count). The summed E-state index contributed by atoms with van der Waals surface area (Å²) in [6, 6.07) is 0.716. The molecule has 1 saturated heterocycles. The van der Waals surface area contributed by atoms with Crippen molar-refractivity contribution in [3.8, 4) is 5.75 Å². The molecule has 16 heteroatoms. The zero-order valence-electron chi connectivity index (χ0n) is 23.2. The van der Waals surface area contributed by atoms with Crippen molar-refractivity contribution in [1.29, 1.82) is 5.41 Å². The van der Waals surface area contributed by atoms with E-state index in [0.29, 0.717) is 35.8 Å². The van der Waals surface area contributed by atoms with E-state index >= 15 is 0 Å². The van der Waals surface area contributed by atoms with Gasteiger partial charge in [-0.05, 0) is 18.2 Å². The molecular weight excluding hydrogens is 593 g/mol. The summed E-state index contributed by atoms with van der Waals surface area (Å²) in [4.78, 5) is 23.3. The van der Waals surface area contributed by atoms with E-state index in [1.165, 1.54) is 17.8 Å². The summed E-state index contributed by atoms with van der Waals surface area (Å²) in [7, 11) is 2.78. The van der Waals surface area contributed by atoms with Gasteiger partial charge in [-0.15, -0.1) is 0 Å². The summed E-state index contributed by atoms with van der Waals surface area (Å²) in [5, 5.41) is 13.7. The molecule has 228 valence electrons. The van der Waals surface area contributed by atoms with Gasteiger partial charge in [-0.2, -0.15) is 18.2 Å². The molecule has 43 heavy (non-hydrogen) atoms. The summed E-state index contributed by atoms with van der Waals surface area (Å²) >= 11 is 6.64. The van der Waals surface area contributed by atoms with Crippen LogP contribution in [-0.4, -0.2) is 69.7 Å². The molecule has 0 saturated carbocycles. The van der Waals surface area contributed by atoms with Gasteiger partial charge in [0.2, 0.25) is 5.95 Å². The smallest absolute Gasteiger partial charge is 0.417 e.